The lowest BCUT2D eigenvalue weighted by atomic mass is 9.95. The Bertz CT molecular complexity index is 2100. The lowest BCUT2D eigenvalue weighted by Crippen LogP contribution is -2.68. The van der Waals surface area contributed by atoms with Gasteiger partial charge in [0.05, 0.1) is 51.8 Å². The average Bonchev–Trinajstić information content (AvgIpc) is 1.20. The molecule has 30 fully saturated rings. The first-order valence-electron chi connectivity index (χ1n) is 27.8. The normalized spacial score (nSPS) is 56.4. The molecule has 0 amide bonds. The fourth-order valence-corrected chi connectivity index (χ4v) is 11.8. The predicted octanol–water partition coefficient (Wildman–Crippen LogP) is -15.4. The number of aliphatic hydroxyl groups is 22. The zero-order valence-corrected chi connectivity index (χ0v) is 45.7. The van der Waals surface area contributed by atoms with Gasteiger partial charge in [-0.3, -0.25) is 0 Å². The van der Waals surface area contributed by atoms with Crippen molar-refractivity contribution in [2.75, 3.05) is 39.6 Å². The first-order valence-corrected chi connectivity index (χ1v) is 27.8. The van der Waals surface area contributed by atoms with Gasteiger partial charge < -0.3 is 188 Å². The summed E-state index contributed by atoms with van der Waals surface area (Å²) in [5.74, 6) is 0. The maximum Gasteiger partial charge on any atom is 0.187 e. The molecule has 30 aliphatic heterocycles. The smallest absolute Gasteiger partial charge is 0.187 e. The van der Waals surface area contributed by atoms with Crippen LogP contribution in [-0.4, -0.2) is 398 Å². The molecule has 22 N–H and O–H groups in total. The zero-order valence-electron chi connectivity index (χ0n) is 45.7. The summed E-state index contributed by atoms with van der Waals surface area (Å²) in [7, 11) is 0. The summed E-state index contributed by atoms with van der Waals surface area (Å²) in [6.07, 6.45) is -77.7. The van der Waals surface area contributed by atoms with Crippen LogP contribution in [0.25, 0.3) is 0 Å². The van der Waals surface area contributed by atoms with E-state index in [0.717, 1.165) is 0 Å². The van der Waals surface area contributed by atoms with Crippen LogP contribution in [0.4, 0.5) is 0 Å². The molecule has 30 heterocycles. The highest BCUT2D eigenvalue weighted by Crippen LogP contribution is 2.39. The van der Waals surface area contributed by atoms with E-state index in [0.29, 0.717) is 0 Å². The van der Waals surface area contributed by atoms with Crippen molar-refractivity contribution in [1.29, 1.82) is 0 Å². The molecule has 0 aromatic rings. The molecule has 0 aliphatic carbocycles. The molecular weight excluding hydrogens is 1180 g/mol. The van der Waals surface area contributed by atoms with Crippen molar-refractivity contribution in [3.63, 3.8) is 0 Å². The number of ether oxygens (including phenoxy) is 16. The van der Waals surface area contributed by atoms with E-state index >= 15 is 0 Å². The predicted molar refractivity (Wildman–Crippen MR) is 258 cm³/mol. The van der Waals surface area contributed by atoms with Gasteiger partial charge in [-0.15, -0.1) is 0 Å². The van der Waals surface area contributed by atoms with E-state index in [1.54, 1.807) is 0 Å². The van der Waals surface area contributed by atoms with Crippen molar-refractivity contribution >= 4 is 0 Å². The summed E-state index contributed by atoms with van der Waals surface area (Å²) in [6.45, 7) is -3.62. The molecule has 0 aromatic heterocycles. The van der Waals surface area contributed by atoms with Crippen LogP contribution >= 0.6 is 0 Å². The highest BCUT2D eigenvalue weighted by molar-refractivity contribution is 5.02. The molecule has 0 spiro atoms. The maximum atomic E-state index is 11.4. The van der Waals surface area contributed by atoms with Crippen LogP contribution in [-0.2, 0) is 75.8 Å². The third kappa shape index (κ3) is 13.4. The molecule has 16 bridgehead atoms. The van der Waals surface area contributed by atoms with E-state index in [1.165, 1.54) is 13.8 Å². The summed E-state index contributed by atoms with van der Waals surface area (Å²) in [5.41, 5.74) is 0. The molecule has 86 heavy (non-hydrogen) atoms. The Labute approximate surface area is 486 Å². The van der Waals surface area contributed by atoms with Crippen LogP contribution in [0, 0.1) is 0 Å². The van der Waals surface area contributed by atoms with Gasteiger partial charge in [0.25, 0.3) is 0 Å². The number of hydrogen-bond donors (Lipinski definition) is 22. The van der Waals surface area contributed by atoms with Crippen molar-refractivity contribution in [3.8, 4) is 0 Å². The van der Waals surface area contributed by atoms with E-state index in [4.69, 9.17) is 75.8 Å². The first kappa shape index (κ1) is 68.8. The third-order valence-electron chi connectivity index (χ3n) is 16.8. The van der Waals surface area contributed by atoms with Crippen LogP contribution in [0.5, 0.6) is 0 Å². The lowest BCUT2D eigenvalue weighted by Gasteiger charge is -2.50. The molecular formula is C48H80O38. The van der Waals surface area contributed by atoms with Gasteiger partial charge in [-0.2, -0.15) is 0 Å². The standard InChI is InChI=1S/C48H80O38/c1-9-33-18(56)26(64)42(72-9)82-36-12(4-50)76-46(30(68)22(36)60)85-39-15(7-53)78-48(32(70)24(39)62)86-40-16(8-54)77-47(31(69)23(40)61)84-38-14(6-52)74-44(28(66)20(38)58)80-34-10(2)71-41(25(63)17(34)55)81-35-11(3-49)75-45(29(67)21(35)59)83-37-13(5-51)73-43(79-33)27(65)19(37)57/h9-70H,3-8H2,1-2H3. The Morgan fingerprint density at radius 3 is 0.453 bits per heavy atom. The number of hydrogen-bond acceptors (Lipinski definition) is 38. The second-order valence-corrected chi connectivity index (χ2v) is 22.4. The van der Waals surface area contributed by atoms with Crippen molar-refractivity contribution in [2.24, 2.45) is 0 Å². The minimum Gasteiger partial charge on any atom is -0.394 e. The quantitative estimate of drug-likeness (QED) is 0.117. The second kappa shape index (κ2) is 28.8. The Hall–Kier alpha value is -1.52. The number of rotatable bonds is 6. The van der Waals surface area contributed by atoms with Crippen LogP contribution in [0.3, 0.4) is 0 Å². The second-order valence-electron chi connectivity index (χ2n) is 22.4. The number of aliphatic hydroxyl groups excluding tert-OH is 22. The highest BCUT2D eigenvalue weighted by Gasteiger charge is 2.60. The third-order valence-corrected chi connectivity index (χ3v) is 16.8. The van der Waals surface area contributed by atoms with Crippen LogP contribution in [0.2, 0.25) is 0 Å². The summed E-state index contributed by atoms with van der Waals surface area (Å²) in [5, 5.41) is 244. The van der Waals surface area contributed by atoms with Gasteiger partial charge in [0.2, 0.25) is 0 Å². The maximum absolute atomic E-state index is 11.4. The van der Waals surface area contributed by atoms with Crippen LogP contribution < -0.4 is 0 Å². The molecule has 38 heteroatoms. The molecule has 40 atom stereocenters. The van der Waals surface area contributed by atoms with Crippen molar-refractivity contribution < 1.29 is 188 Å². The minimum atomic E-state index is -2.21. The fraction of sp³-hybridized carbons (Fsp3) is 1.00. The van der Waals surface area contributed by atoms with Crippen LogP contribution in [0.15, 0.2) is 0 Å². The lowest BCUT2D eigenvalue weighted by molar-refractivity contribution is -0.402. The van der Waals surface area contributed by atoms with Gasteiger partial charge in [-0.05, 0) is 13.8 Å². The van der Waals surface area contributed by atoms with Gasteiger partial charge in [0, 0.05) is 0 Å². The van der Waals surface area contributed by atoms with Gasteiger partial charge in [-0.1, -0.05) is 0 Å². The SMILES string of the molecule is CC1OC2OC3C(CO)OC(OC4C(CO)OC(OC5C(CO)OC(OC6C(CO)OC(OC7C(C)OC(OC8C(CO)OC(OC9C(CO)OC(OC1C(O)C2O)C(O)C9O)C(O)C8O)C(O)C7O)C(O)C6O)C(O)C5O)C(O)C4O)C(O)C3O. The molecule has 500 valence electrons. The van der Waals surface area contributed by atoms with Gasteiger partial charge >= 0.3 is 0 Å². The monoisotopic (exact) mass is 1260 g/mol. The van der Waals surface area contributed by atoms with Gasteiger partial charge in [0.1, 0.15) is 183 Å². The minimum absolute atomic E-state index is 1.01. The Kier molecular flexibility index (Phi) is 23.0. The molecule has 0 radical (unpaired) electrons. The van der Waals surface area contributed by atoms with E-state index in [1.807, 2.05) is 0 Å². The summed E-state index contributed by atoms with van der Waals surface area (Å²) < 4.78 is 91.8. The zero-order chi connectivity index (χ0) is 62.7. The summed E-state index contributed by atoms with van der Waals surface area (Å²) in [4.78, 5) is 0. The Morgan fingerprint density at radius 1 is 0.174 bits per heavy atom. The molecule has 0 saturated carbocycles. The fourth-order valence-electron chi connectivity index (χ4n) is 11.8. The largest absolute Gasteiger partial charge is 0.394 e. The van der Waals surface area contributed by atoms with Crippen LogP contribution in [0.1, 0.15) is 13.8 Å². The Morgan fingerprint density at radius 2 is 0.302 bits per heavy atom. The molecule has 30 saturated heterocycles. The molecule has 0 aromatic carbocycles. The van der Waals surface area contributed by atoms with Gasteiger partial charge in [-0.25, -0.2) is 0 Å². The van der Waals surface area contributed by atoms with E-state index in [9.17, 15) is 112 Å². The topological polar surface area (TPSA) is 593 Å². The highest BCUT2D eigenvalue weighted by atomic mass is 16.8. The molecule has 30 rings (SSSR count). The van der Waals surface area contributed by atoms with E-state index < -0.39 is 285 Å². The summed E-state index contributed by atoms with van der Waals surface area (Å²) in [6, 6.07) is 0. The van der Waals surface area contributed by atoms with Crippen molar-refractivity contribution in [3.05, 3.63) is 0 Å². The van der Waals surface area contributed by atoms with Crippen molar-refractivity contribution in [2.45, 2.75) is 259 Å². The van der Waals surface area contributed by atoms with Crippen molar-refractivity contribution in [1.82, 2.24) is 0 Å². The Balaban J connectivity index is 0.962. The van der Waals surface area contributed by atoms with E-state index in [-0.39, 0.29) is 0 Å². The molecule has 40 unspecified atom stereocenters. The van der Waals surface area contributed by atoms with Gasteiger partial charge in [0.15, 0.2) is 50.3 Å². The summed E-state index contributed by atoms with van der Waals surface area (Å²) >= 11 is 0. The van der Waals surface area contributed by atoms with E-state index in [2.05, 4.69) is 0 Å². The first-order chi connectivity index (χ1) is 40.8. The molecule has 38 nitrogen and oxygen atoms in total. The molecule has 30 aliphatic rings. The average molecular weight is 1270 g/mol.